The van der Waals surface area contributed by atoms with Crippen LogP contribution in [0.2, 0.25) is 10.0 Å². The summed E-state index contributed by atoms with van der Waals surface area (Å²) in [6, 6.07) is 2.36. The van der Waals surface area contributed by atoms with Gasteiger partial charge in [0.15, 0.2) is 0 Å². The average molecular weight is 271 g/mol. The van der Waals surface area contributed by atoms with Crippen LogP contribution in [-0.4, -0.2) is 19.7 Å². The summed E-state index contributed by atoms with van der Waals surface area (Å²) in [4.78, 5) is 11.3. The van der Waals surface area contributed by atoms with Crippen molar-refractivity contribution in [3.8, 4) is 5.75 Å². The maximum absolute atomic E-state index is 12.0. The first-order chi connectivity index (χ1) is 7.47. The highest BCUT2D eigenvalue weighted by atomic mass is 35.5. The molecule has 16 heavy (non-hydrogen) atoms. The maximum Gasteiger partial charge on any atom is 0.387 e. The van der Waals surface area contributed by atoms with E-state index in [4.69, 9.17) is 23.2 Å². The highest BCUT2D eigenvalue weighted by Crippen LogP contribution is 2.34. The summed E-state index contributed by atoms with van der Waals surface area (Å²) in [5, 5.41) is -0.307. The molecule has 1 aromatic rings. The Morgan fingerprint density at radius 1 is 1.38 bits per heavy atom. The number of halogens is 4. The second-order valence-corrected chi connectivity index (χ2v) is 3.39. The molecular formula is C9H6Cl2F2O3. The largest absolute Gasteiger partial charge is 0.465 e. The minimum Gasteiger partial charge on any atom is -0.465 e. The standard InChI is InChI=1S/C9H6Cl2F2O3/c1-15-8(14)6-4(10)2-3-5(7(6)11)16-9(12)13/h2-3,9H,1H3. The monoisotopic (exact) mass is 270 g/mol. The van der Waals surface area contributed by atoms with Crippen LogP contribution in [0.3, 0.4) is 0 Å². The number of alkyl halides is 2. The zero-order valence-electron chi connectivity index (χ0n) is 7.97. The molecule has 0 bridgehead atoms. The Kier molecular flexibility index (Phi) is 4.32. The van der Waals surface area contributed by atoms with Gasteiger partial charge in [0, 0.05) is 0 Å². The molecule has 0 saturated carbocycles. The second kappa shape index (κ2) is 5.32. The molecule has 3 nitrogen and oxygen atoms in total. The van der Waals surface area contributed by atoms with Crippen LogP contribution in [0.15, 0.2) is 12.1 Å². The van der Waals surface area contributed by atoms with Crippen LogP contribution in [0.5, 0.6) is 5.75 Å². The lowest BCUT2D eigenvalue weighted by Crippen LogP contribution is -2.07. The van der Waals surface area contributed by atoms with Crippen molar-refractivity contribution >= 4 is 29.2 Å². The first-order valence-corrected chi connectivity index (χ1v) is 4.74. The summed E-state index contributed by atoms with van der Waals surface area (Å²) in [7, 11) is 1.12. The van der Waals surface area contributed by atoms with Gasteiger partial charge in [-0.3, -0.25) is 0 Å². The molecule has 0 saturated heterocycles. The number of methoxy groups -OCH3 is 1. The van der Waals surface area contributed by atoms with E-state index in [9.17, 15) is 13.6 Å². The molecule has 0 heterocycles. The van der Waals surface area contributed by atoms with E-state index in [2.05, 4.69) is 9.47 Å². The van der Waals surface area contributed by atoms with Crippen molar-refractivity contribution in [2.45, 2.75) is 6.61 Å². The molecule has 0 fully saturated rings. The minimum absolute atomic E-state index is 0.00142. The molecule has 0 aliphatic heterocycles. The molecule has 88 valence electrons. The number of carbonyl (C=O) groups excluding carboxylic acids is 1. The van der Waals surface area contributed by atoms with Crippen LogP contribution < -0.4 is 4.74 Å². The zero-order chi connectivity index (χ0) is 12.3. The number of rotatable bonds is 3. The Morgan fingerprint density at radius 2 is 2.00 bits per heavy atom. The molecule has 0 atom stereocenters. The molecule has 0 aliphatic carbocycles. The van der Waals surface area contributed by atoms with Gasteiger partial charge in [0.25, 0.3) is 0 Å². The van der Waals surface area contributed by atoms with Gasteiger partial charge in [-0.15, -0.1) is 0 Å². The summed E-state index contributed by atoms with van der Waals surface area (Å²) in [6.07, 6.45) is 0. The Bertz CT molecular complexity index is 410. The quantitative estimate of drug-likeness (QED) is 0.790. The third kappa shape index (κ3) is 2.74. The predicted octanol–water partition coefficient (Wildman–Crippen LogP) is 3.38. The summed E-state index contributed by atoms with van der Waals surface area (Å²) in [6.45, 7) is -3.04. The Balaban J connectivity index is 3.21. The molecule has 7 heteroatoms. The number of benzene rings is 1. The van der Waals surface area contributed by atoms with Crippen LogP contribution in [0, 0.1) is 0 Å². The minimum atomic E-state index is -3.04. The molecule has 0 aromatic heterocycles. The van der Waals surface area contributed by atoms with E-state index in [0.717, 1.165) is 13.2 Å². The number of ether oxygens (including phenoxy) is 2. The van der Waals surface area contributed by atoms with E-state index in [1.165, 1.54) is 6.07 Å². The highest BCUT2D eigenvalue weighted by molar-refractivity contribution is 6.40. The lowest BCUT2D eigenvalue weighted by molar-refractivity contribution is -0.0498. The van der Waals surface area contributed by atoms with E-state index in [-0.39, 0.29) is 21.4 Å². The van der Waals surface area contributed by atoms with E-state index in [1.807, 2.05) is 0 Å². The summed E-state index contributed by atoms with van der Waals surface area (Å²) in [5.41, 5.74) is -0.205. The molecule has 1 rings (SSSR count). The topological polar surface area (TPSA) is 35.5 Å². The maximum atomic E-state index is 12.0. The fourth-order valence-electron chi connectivity index (χ4n) is 1.01. The van der Waals surface area contributed by atoms with E-state index >= 15 is 0 Å². The lowest BCUT2D eigenvalue weighted by Gasteiger charge is -2.10. The molecule has 0 radical (unpaired) electrons. The number of carbonyl (C=O) groups is 1. The summed E-state index contributed by atoms with van der Waals surface area (Å²) >= 11 is 11.4. The molecule has 0 amide bonds. The Labute approximate surface area is 99.9 Å². The van der Waals surface area contributed by atoms with Gasteiger partial charge in [-0.2, -0.15) is 8.78 Å². The van der Waals surface area contributed by atoms with E-state index in [1.54, 1.807) is 0 Å². The number of hydrogen-bond donors (Lipinski definition) is 0. The van der Waals surface area contributed by atoms with E-state index in [0.29, 0.717) is 0 Å². The second-order valence-electron chi connectivity index (χ2n) is 2.60. The molecule has 1 aromatic carbocycles. The van der Waals surface area contributed by atoms with Crippen molar-refractivity contribution in [2.75, 3.05) is 7.11 Å². The van der Waals surface area contributed by atoms with Crippen molar-refractivity contribution in [1.29, 1.82) is 0 Å². The third-order valence-corrected chi connectivity index (χ3v) is 2.35. The third-order valence-electron chi connectivity index (χ3n) is 1.66. The van der Waals surface area contributed by atoms with Gasteiger partial charge in [-0.05, 0) is 12.1 Å². The molecule has 0 aliphatic rings. The van der Waals surface area contributed by atoms with Gasteiger partial charge in [0.05, 0.1) is 17.2 Å². The smallest absolute Gasteiger partial charge is 0.387 e. The highest BCUT2D eigenvalue weighted by Gasteiger charge is 2.20. The molecule has 0 N–H and O–H groups in total. The van der Waals surface area contributed by atoms with Crippen LogP contribution in [-0.2, 0) is 4.74 Å². The first-order valence-electron chi connectivity index (χ1n) is 3.98. The van der Waals surface area contributed by atoms with Crippen molar-refractivity contribution in [3.63, 3.8) is 0 Å². The Morgan fingerprint density at radius 3 is 2.50 bits per heavy atom. The van der Waals surface area contributed by atoms with Gasteiger partial charge in [0.2, 0.25) is 0 Å². The normalized spacial score (nSPS) is 10.4. The van der Waals surface area contributed by atoms with Crippen LogP contribution >= 0.6 is 23.2 Å². The Hall–Kier alpha value is -1.07. The average Bonchev–Trinajstić information content (AvgIpc) is 2.21. The summed E-state index contributed by atoms with van der Waals surface area (Å²) in [5.74, 6) is -1.16. The van der Waals surface area contributed by atoms with Gasteiger partial charge in [-0.1, -0.05) is 23.2 Å². The molecule has 0 spiro atoms. The van der Waals surface area contributed by atoms with Crippen molar-refractivity contribution in [2.24, 2.45) is 0 Å². The lowest BCUT2D eigenvalue weighted by atomic mass is 10.2. The van der Waals surface area contributed by atoms with Gasteiger partial charge >= 0.3 is 12.6 Å². The van der Waals surface area contributed by atoms with Crippen molar-refractivity contribution in [3.05, 3.63) is 27.7 Å². The number of hydrogen-bond acceptors (Lipinski definition) is 3. The van der Waals surface area contributed by atoms with Gasteiger partial charge < -0.3 is 9.47 Å². The van der Waals surface area contributed by atoms with Crippen molar-refractivity contribution < 1.29 is 23.0 Å². The van der Waals surface area contributed by atoms with Crippen molar-refractivity contribution in [1.82, 2.24) is 0 Å². The summed E-state index contributed by atoms with van der Waals surface area (Å²) < 4.78 is 32.5. The number of esters is 1. The van der Waals surface area contributed by atoms with Gasteiger partial charge in [-0.25, -0.2) is 4.79 Å². The molecular weight excluding hydrogens is 265 g/mol. The predicted molar refractivity (Wildman–Crippen MR) is 54.4 cm³/mol. The van der Waals surface area contributed by atoms with Crippen LogP contribution in [0.4, 0.5) is 8.78 Å². The SMILES string of the molecule is COC(=O)c1c(Cl)ccc(OC(F)F)c1Cl. The van der Waals surface area contributed by atoms with E-state index < -0.39 is 12.6 Å². The van der Waals surface area contributed by atoms with Crippen LogP contribution in [0.1, 0.15) is 10.4 Å². The van der Waals surface area contributed by atoms with Crippen LogP contribution in [0.25, 0.3) is 0 Å². The fraction of sp³-hybridized carbons (Fsp3) is 0.222. The first kappa shape index (κ1) is 13.0. The zero-order valence-corrected chi connectivity index (χ0v) is 9.48. The fourth-order valence-corrected chi connectivity index (χ4v) is 1.58. The molecule has 0 unspecified atom stereocenters. The van der Waals surface area contributed by atoms with Gasteiger partial charge in [0.1, 0.15) is 11.3 Å².